The van der Waals surface area contributed by atoms with Crippen LogP contribution in [0.5, 0.6) is 0 Å². The van der Waals surface area contributed by atoms with E-state index in [1.165, 1.54) is 11.6 Å². The van der Waals surface area contributed by atoms with Crippen LogP contribution >= 0.6 is 0 Å². The molecule has 0 fully saturated rings. The topological polar surface area (TPSA) is 82.3 Å². The Bertz CT molecular complexity index is 1090. The number of benzene rings is 1. The Balaban J connectivity index is 2.35. The molecule has 3 rings (SSSR count). The molecule has 0 spiro atoms. The van der Waals surface area contributed by atoms with Gasteiger partial charge in [0.15, 0.2) is 0 Å². The SMILES string of the molecule is CC1=C(C(=O)OC(C)C)C(c2ccc(C)cc2)c2c(n(C)c(=O)n(C)c2=O)N1. The Labute approximate surface area is 163 Å². The van der Waals surface area contributed by atoms with Gasteiger partial charge in [0.05, 0.1) is 23.2 Å². The lowest BCUT2D eigenvalue weighted by molar-refractivity contribution is -0.143. The number of anilines is 1. The van der Waals surface area contributed by atoms with Crippen LogP contribution in [0.4, 0.5) is 5.82 Å². The number of rotatable bonds is 3. The molecule has 1 N–H and O–H groups in total. The van der Waals surface area contributed by atoms with Gasteiger partial charge in [-0.2, -0.15) is 0 Å². The van der Waals surface area contributed by atoms with Crippen molar-refractivity contribution in [2.45, 2.75) is 39.7 Å². The molecule has 1 aliphatic heterocycles. The Morgan fingerprint density at radius 1 is 1.07 bits per heavy atom. The van der Waals surface area contributed by atoms with E-state index in [1.54, 1.807) is 27.8 Å². The van der Waals surface area contributed by atoms with Crippen molar-refractivity contribution in [3.8, 4) is 0 Å². The average Bonchev–Trinajstić information content (AvgIpc) is 2.63. The second-order valence-electron chi connectivity index (χ2n) is 7.43. The van der Waals surface area contributed by atoms with Gasteiger partial charge in [-0.15, -0.1) is 0 Å². The fraction of sp³-hybridized carbons (Fsp3) is 0.381. The first kappa shape index (κ1) is 19.7. The minimum Gasteiger partial charge on any atom is -0.460 e. The fourth-order valence-electron chi connectivity index (χ4n) is 3.53. The number of hydrogen-bond donors (Lipinski definition) is 1. The zero-order chi connectivity index (χ0) is 20.7. The van der Waals surface area contributed by atoms with Crippen molar-refractivity contribution in [3.05, 3.63) is 73.1 Å². The van der Waals surface area contributed by atoms with Crippen LogP contribution in [-0.2, 0) is 23.6 Å². The normalized spacial score (nSPS) is 16.0. The number of allylic oxidation sites excluding steroid dienone is 1. The summed E-state index contributed by atoms with van der Waals surface area (Å²) in [5.74, 6) is -0.710. The third-order valence-corrected chi connectivity index (χ3v) is 4.96. The lowest BCUT2D eigenvalue weighted by Crippen LogP contribution is -2.43. The molecule has 0 bridgehead atoms. The van der Waals surface area contributed by atoms with Gasteiger partial charge in [-0.25, -0.2) is 9.59 Å². The van der Waals surface area contributed by atoms with E-state index in [4.69, 9.17) is 4.74 Å². The third-order valence-electron chi connectivity index (χ3n) is 4.96. The van der Waals surface area contributed by atoms with Crippen molar-refractivity contribution in [1.29, 1.82) is 0 Å². The third kappa shape index (κ3) is 3.17. The highest BCUT2D eigenvalue weighted by Gasteiger charge is 2.37. The van der Waals surface area contributed by atoms with Crippen molar-refractivity contribution in [1.82, 2.24) is 9.13 Å². The van der Waals surface area contributed by atoms with E-state index in [-0.39, 0.29) is 6.10 Å². The highest BCUT2D eigenvalue weighted by molar-refractivity contribution is 5.94. The molecule has 148 valence electrons. The summed E-state index contributed by atoms with van der Waals surface area (Å²) in [6, 6.07) is 7.67. The standard InChI is InChI=1S/C21H25N3O4/c1-11(2)28-20(26)15-13(4)22-18-17(19(25)24(6)21(27)23(18)5)16(15)14-9-7-12(3)8-10-14/h7-11,16,22H,1-6H3. The molecule has 0 saturated heterocycles. The summed E-state index contributed by atoms with van der Waals surface area (Å²) in [4.78, 5) is 38.4. The molecule has 0 radical (unpaired) electrons. The lowest BCUT2D eigenvalue weighted by atomic mass is 9.82. The van der Waals surface area contributed by atoms with Gasteiger partial charge in [0.1, 0.15) is 5.82 Å². The Morgan fingerprint density at radius 3 is 2.25 bits per heavy atom. The Hall–Kier alpha value is -3.09. The first-order valence-corrected chi connectivity index (χ1v) is 9.18. The van der Waals surface area contributed by atoms with Crippen LogP contribution in [0, 0.1) is 6.92 Å². The molecule has 1 atom stereocenters. The number of fused-ring (bicyclic) bond motifs is 1. The smallest absolute Gasteiger partial charge is 0.337 e. The van der Waals surface area contributed by atoms with Crippen LogP contribution in [0.2, 0.25) is 0 Å². The van der Waals surface area contributed by atoms with Crippen molar-refractivity contribution in [3.63, 3.8) is 0 Å². The number of aromatic nitrogens is 2. The molecular formula is C21H25N3O4. The summed E-state index contributed by atoms with van der Waals surface area (Å²) >= 11 is 0. The fourth-order valence-corrected chi connectivity index (χ4v) is 3.53. The first-order valence-electron chi connectivity index (χ1n) is 9.18. The predicted octanol–water partition coefficient (Wildman–Crippen LogP) is 2.18. The summed E-state index contributed by atoms with van der Waals surface area (Å²) in [6.45, 7) is 7.28. The summed E-state index contributed by atoms with van der Waals surface area (Å²) in [5.41, 5.74) is 2.29. The molecule has 1 aromatic carbocycles. The minimum absolute atomic E-state index is 0.296. The number of ether oxygens (including phenoxy) is 1. The van der Waals surface area contributed by atoms with Crippen LogP contribution in [0.1, 0.15) is 43.4 Å². The highest BCUT2D eigenvalue weighted by atomic mass is 16.5. The van der Waals surface area contributed by atoms with Crippen LogP contribution in [0.15, 0.2) is 45.1 Å². The highest BCUT2D eigenvalue weighted by Crippen LogP contribution is 2.40. The van der Waals surface area contributed by atoms with Gasteiger partial charge in [-0.05, 0) is 33.3 Å². The van der Waals surface area contributed by atoms with Gasteiger partial charge in [0.25, 0.3) is 5.56 Å². The summed E-state index contributed by atoms with van der Waals surface area (Å²) in [5, 5.41) is 3.08. The van der Waals surface area contributed by atoms with Gasteiger partial charge >= 0.3 is 11.7 Å². The molecule has 28 heavy (non-hydrogen) atoms. The van der Waals surface area contributed by atoms with E-state index < -0.39 is 23.1 Å². The molecule has 1 aromatic heterocycles. The maximum absolute atomic E-state index is 13.1. The molecule has 7 nitrogen and oxygen atoms in total. The van der Waals surface area contributed by atoms with E-state index >= 15 is 0 Å². The molecule has 2 aromatic rings. The summed E-state index contributed by atoms with van der Waals surface area (Å²) in [6.07, 6.45) is -0.296. The Morgan fingerprint density at radius 2 is 1.68 bits per heavy atom. The molecule has 0 amide bonds. The number of carbonyl (C=O) groups is 1. The molecular weight excluding hydrogens is 358 g/mol. The van der Waals surface area contributed by atoms with E-state index in [2.05, 4.69) is 5.32 Å². The van der Waals surface area contributed by atoms with Crippen molar-refractivity contribution >= 4 is 11.8 Å². The zero-order valence-corrected chi connectivity index (χ0v) is 17.0. The number of nitrogens with one attached hydrogen (secondary N) is 1. The van der Waals surface area contributed by atoms with Gasteiger partial charge in [0.2, 0.25) is 0 Å². The van der Waals surface area contributed by atoms with Crippen molar-refractivity contribution < 1.29 is 9.53 Å². The van der Waals surface area contributed by atoms with Gasteiger partial charge in [-0.3, -0.25) is 13.9 Å². The van der Waals surface area contributed by atoms with E-state index in [0.29, 0.717) is 22.7 Å². The summed E-state index contributed by atoms with van der Waals surface area (Å²) in [7, 11) is 3.04. The first-order chi connectivity index (χ1) is 13.1. The summed E-state index contributed by atoms with van der Waals surface area (Å²) < 4.78 is 7.92. The second-order valence-corrected chi connectivity index (χ2v) is 7.43. The van der Waals surface area contributed by atoms with E-state index in [9.17, 15) is 14.4 Å². The quantitative estimate of drug-likeness (QED) is 0.822. The molecule has 0 aliphatic carbocycles. The maximum atomic E-state index is 13.1. The molecule has 0 saturated carbocycles. The largest absolute Gasteiger partial charge is 0.460 e. The second kappa shape index (κ2) is 7.14. The lowest BCUT2D eigenvalue weighted by Gasteiger charge is -2.31. The molecule has 1 unspecified atom stereocenters. The number of esters is 1. The average molecular weight is 383 g/mol. The molecule has 2 heterocycles. The number of hydrogen-bond acceptors (Lipinski definition) is 5. The monoisotopic (exact) mass is 383 g/mol. The Kier molecular flexibility index (Phi) is 5.02. The van der Waals surface area contributed by atoms with E-state index in [0.717, 1.165) is 15.7 Å². The van der Waals surface area contributed by atoms with Gasteiger partial charge < -0.3 is 10.1 Å². The van der Waals surface area contributed by atoms with E-state index in [1.807, 2.05) is 31.2 Å². The van der Waals surface area contributed by atoms with Crippen LogP contribution in [0.3, 0.4) is 0 Å². The van der Waals surface area contributed by atoms with Crippen LogP contribution in [0.25, 0.3) is 0 Å². The minimum atomic E-state index is -0.631. The van der Waals surface area contributed by atoms with Crippen molar-refractivity contribution in [2.75, 3.05) is 5.32 Å². The number of nitrogens with zero attached hydrogens (tertiary/aromatic N) is 2. The number of carbonyl (C=O) groups excluding carboxylic acids is 1. The van der Waals surface area contributed by atoms with Crippen LogP contribution in [-0.4, -0.2) is 21.2 Å². The van der Waals surface area contributed by atoms with Gasteiger partial charge in [-0.1, -0.05) is 29.8 Å². The number of aryl methyl sites for hydroxylation is 1. The van der Waals surface area contributed by atoms with Crippen LogP contribution < -0.4 is 16.6 Å². The zero-order valence-electron chi connectivity index (χ0n) is 17.0. The molecule has 7 heteroatoms. The van der Waals surface area contributed by atoms with Gasteiger partial charge in [0, 0.05) is 19.8 Å². The predicted molar refractivity (Wildman–Crippen MR) is 107 cm³/mol. The van der Waals surface area contributed by atoms with Crippen molar-refractivity contribution in [2.24, 2.45) is 14.1 Å². The maximum Gasteiger partial charge on any atom is 0.337 e. The molecule has 1 aliphatic rings.